The highest BCUT2D eigenvalue weighted by atomic mass is 35.5. The molecule has 1 heterocycles. The predicted octanol–water partition coefficient (Wildman–Crippen LogP) is 1.32. The summed E-state index contributed by atoms with van der Waals surface area (Å²) in [6.45, 7) is 0. The summed E-state index contributed by atoms with van der Waals surface area (Å²) in [7, 11) is 0. The molecule has 0 aliphatic rings. The molecule has 0 saturated carbocycles. The van der Waals surface area contributed by atoms with Crippen LogP contribution in [0.1, 0.15) is 0 Å². The number of halogens is 1. The monoisotopic (exact) mass is 177 g/mol. The minimum absolute atomic E-state index is 0.191. The minimum Gasteiger partial charge on any atom is -0.302 e. The first-order valence-corrected chi connectivity index (χ1v) is 3.90. The summed E-state index contributed by atoms with van der Waals surface area (Å²) in [4.78, 5) is 3.84. The van der Waals surface area contributed by atoms with Gasteiger partial charge in [-0.05, 0) is 6.07 Å². The fraction of sp³-hybridized carbons (Fsp3) is 0. The van der Waals surface area contributed by atoms with Gasteiger partial charge in [0.05, 0.1) is 9.92 Å². The van der Waals surface area contributed by atoms with E-state index >= 15 is 0 Å². The molecule has 1 atom stereocenters. The van der Waals surface area contributed by atoms with E-state index in [9.17, 15) is 4.21 Å². The van der Waals surface area contributed by atoms with Crippen molar-refractivity contribution in [3.8, 4) is 0 Å². The highest BCUT2D eigenvalue weighted by Gasteiger charge is 2.03. The van der Waals surface area contributed by atoms with Crippen LogP contribution in [0.15, 0.2) is 23.4 Å². The second-order valence-corrected chi connectivity index (χ2v) is 2.90. The summed E-state index contributed by atoms with van der Waals surface area (Å²) in [6.07, 6.45) is 2.74. The van der Waals surface area contributed by atoms with Crippen LogP contribution in [-0.2, 0) is 11.1 Å². The third-order valence-corrected chi connectivity index (χ3v) is 2.07. The minimum atomic E-state index is -2.01. The first-order valence-electron chi connectivity index (χ1n) is 2.42. The first kappa shape index (κ1) is 7.65. The standard InChI is InChI=1S/C5H4ClNO2S/c6-4-3-7-2-1-5(4)10(8)9/h1-3H,(H,8,9). The van der Waals surface area contributed by atoms with Gasteiger partial charge in [-0.3, -0.25) is 4.98 Å². The molecule has 0 aromatic carbocycles. The number of pyridine rings is 1. The van der Waals surface area contributed by atoms with Crippen molar-refractivity contribution in [3.63, 3.8) is 0 Å². The Morgan fingerprint density at radius 2 is 2.40 bits per heavy atom. The van der Waals surface area contributed by atoms with Crippen LogP contribution in [0.2, 0.25) is 5.02 Å². The van der Waals surface area contributed by atoms with Gasteiger partial charge in [-0.15, -0.1) is 0 Å². The second-order valence-electron chi connectivity index (χ2n) is 1.56. The normalized spacial score (nSPS) is 13.0. The fourth-order valence-corrected chi connectivity index (χ4v) is 1.22. The third kappa shape index (κ3) is 1.53. The van der Waals surface area contributed by atoms with Gasteiger partial charge in [0, 0.05) is 12.4 Å². The molecule has 1 rings (SSSR count). The van der Waals surface area contributed by atoms with Crippen molar-refractivity contribution in [2.45, 2.75) is 4.90 Å². The lowest BCUT2D eigenvalue weighted by Crippen LogP contribution is -1.89. The van der Waals surface area contributed by atoms with Crippen molar-refractivity contribution in [3.05, 3.63) is 23.5 Å². The lowest BCUT2D eigenvalue weighted by atomic mass is 10.5. The van der Waals surface area contributed by atoms with Crippen LogP contribution in [0.3, 0.4) is 0 Å². The van der Waals surface area contributed by atoms with E-state index in [-0.39, 0.29) is 9.92 Å². The topological polar surface area (TPSA) is 50.2 Å². The summed E-state index contributed by atoms with van der Waals surface area (Å²) in [5, 5.41) is 0.211. The van der Waals surface area contributed by atoms with Crippen LogP contribution in [0.4, 0.5) is 0 Å². The highest BCUT2D eigenvalue weighted by Crippen LogP contribution is 2.15. The molecule has 1 aromatic heterocycles. The third-order valence-electron chi connectivity index (χ3n) is 0.923. The molecule has 0 spiro atoms. The van der Waals surface area contributed by atoms with Crippen LogP contribution in [0, 0.1) is 0 Å². The van der Waals surface area contributed by atoms with Crippen LogP contribution < -0.4 is 0 Å². The number of nitrogens with zero attached hydrogens (tertiary/aromatic N) is 1. The second kappa shape index (κ2) is 3.09. The molecule has 0 bridgehead atoms. The zero-order valence-corrected chi connectivity index (χ0v) is 6.39. The van der Waals surface area contributed by atoms with Crippen molar-refractivity contribution in [2.75, 3.05) is 0 Å². The maximum atomic E-state index is 10.4. The molecule has 1 N–H and O–H groups in total. The van der Waals surface area contributed by atoms with E-state index in [0.29, 0.717) is 0 Å². The van der Waals surface area contributed by atoms with Gasteiger partial charge in [-0.2, -0.15) is 0 Å². The SMILES string of the molecule is O=S(O)c1ccncc1Cl. The van der Waals surface area contributed by atoms with Crippen molar-refractivity contribution in [1.29, 1.82) is 0 Å². The van der Waals surface area contributed by atoms with E-state index < -0.39 is 11.1 Å². The van der Waals surface area contributed by atoms with Gasteiger partial charge in [-0.1, -0.05) is 11.6 Å². The first-order chi connectivity index (χ1) is 4.72. The summed E-state index contributed by atoms with van der Waals surface area (Å²) in [5.41, 5.74) is 0. The fourth-order valence-electron chi connectivity index (χ4n) is 0.504. The van der Waals surface area contributed by atoms with Gasteiger partial charge >= 0.3 is 0 Å². The van der Waals surface area contributed by atoms with E-state index in [1.807, 2.05) is 0 Å². The van der Waals surface area contributed by atoms with Crippen molar-refractivity contribution < 1.29 is 8.76 Å². The smallest absolute Gasteiger partial charge is 0.188 e. The number of hydrogen-bond acceptors (Lipinski definition) is 2. The largest absolute Gasteiger partial charge is 0.302 e. The van der Waals surface area contributed by atoms with Gasteiger partial charge in [-0.25, -0.2) is 4.21 Å². The van der Waals surface area contributed by atoms with Crippen molar-refractivity contribution in [2.24, 2.45) is 0 Å². The van der Waals surface area contributed by atoms with Gasteiger partial charge in [0.1, 0.15) is 0 Å². The van der Waals surface area contributed by atoms with Crippen molar-refractivity contribution in [1.82, 2.24) is 4.98 Å². The average molecular weight is 178 g/mol. The molecule has 0 saturated heterocycles. The number of hydrogen-bond donors (Lipinski definition) is 1. The van der Waals surface area contributed by atoms with E-state index in [1.54, 1.807) is 0 Å². The zero-order valence-electron chi connectivity index (χ0n) is 4.82. The number of aromatic nitrogens is 1. The van der Waals surface area contributed by atoms with E-state index in [4.69, 9.17) is 16.2 Å². The quantitative estimate of drug-likeness (QED) is 0.659. The molecule has 3 nitrogen and oxygen atoms in total. The zero-order chi connectivity index (χ0) is 7.56. The molecule has 54 valence electrons. The van der Waals surface area contributed by atoms with Gasteiger partial charge in [0.25, 0.3) is 0 Å². The van der Waals surface area contributed by atoms with Gasteiger partial charge in [0.2, 0.25) is 0 Å². The predicted molar refractivity (Wildman–Crippen MR) is 38.3 cm³/mol. The van der Waals surface area contributed by atoms with Gasteiger partial charge < -0.3 is 4.55 Å². The van der Waals surface area contributed by atoms with Crippen LogP contribution in [0.5, 0.6) is 0 Å². The molecule has 0 amide bonds. The molecule has 5 heteroatoms. The number of rotatable bonds is 1. The molecular weight excluding hydrogens is 174 g/mol. The Balaban J connectivity index is 3.15. The van der Waals surface area contributed by atoms with Crippen LogP contribution in [0.25, 0.3) is 0 Å². The molecular formula is C5H4ClNO2S. The lowest BCUT2D eigenvalue weighted by molar-refractivity contribution is 0.564. The van der Waals surface area contributed by atoms with E-state index in [1.165, 1.54) is 18.5 Å². The Kier molecular flexibility index (Phi) is 2.37. The van der Waals surface area contributed by atoms with E-state index in [0.717, 1.165) is 0 Å². The molecule has 0 aliphatic carbocycles. The Hall–Kier alpha value is -0.450. The Morgan fingerprint density at radius 1 is 1.70 bits per heavy atom. The maximum absolute atomic E-state index is 10.4. The molecule has 1 unspecified atom stereocenters. The molecule has 0 aliphatic heterocycles. The lowest BCUT2D eigenvalue weighted by Gasteiger charge is -1.94. The van der Waals surface area contributed by atoms with Crippen LogP contribution in [-0.4, -0.2) is 13.7 Å². The van der Waals surface area contributed by atoms with Gasteiger partial charge in [0.15, 0.2) is 11.1 Å². The molecule has 10 heavy (non-hydrogen) atoms. The average Bonchev–Trinajstić information content (AvgIpc) is 1.88. The highest BCUT2D eigenvalue weighted by molar-refractivity contribution is 7.79. The summed E-state index contributed by atoms with van der Waals surface area (Å²) >= 11 is 3.49. The maximum Gasteiger partial charge on any atom is 0.188 e. The molecule has 0 fully saturated rings. The Morgan fingerprint density at radius 3 is 2.80 bits per heavy atom. The summed E-state index contributed by atoms with van der Waals surface area (Å²) < 4.78 is 19.0. The molecule has 0 radical (unpaired) electrons. The van der Waals surface area contributed by atoms with E-state index in [2.05, 4.69) is 4.98 Å². The van der Waals surface area contributed by atoms with Crippen LogP contribution >= 0.6 is 11.6 Å². The molecule has 1 aromatic rings. The Labute approximate surface area is 65.3 Å². The summed E-state index contributed by atoms with van der Waals surface area (Å²) in [5.74, 6) is 0. The summed E-state index contributed by atoms with van der Waals surface area (Å²) in [6, 6.07) is 1.40. The van der Waals surface area contributed by atoms with Crippen molar-refractivity contribution >= 4 is 22.7 Å². The Bertz CT molecular complexity index is 266.